The van der Waals surface area contributed by atoms with E-state index in [-0.39, 0.29) is 0 Å². The van der Waals surface area contributed by atoms with Crippen molar-refractivity contribution in [3.63, 3.8) is 0 Å². The molecule has 1 N–H and O–H groups in total. The van der Waals surface area contributed by atoms with Crippen molar-refractivity contribution in [3.8, 4) is 0 Å². The van der Waals surface area contributed by atoms with Gasteiger partial charge in [-0.05, 0) is 37.0 Å². The fraction of sp³-hybridized carbons (Fsp3) is 0.389. The third-order valence-electron chi connectivity index (χ3n) is 4.40. The monoisotopic (exact) mass is 283 g/mol. The predicted octanol–water partition coefficient (Wildman–Crippen LogP) is 4.32. The molecule has 1 heterocycles. The van der Waals surface area contributed by atoms with E-state index in [2.05, 4.69) is 22.8 Å². The summed E-state index contributed by atoms with van der Waals surface area (Å²) in [4.78, 5) is 10.8. The SMILES string of the molecule is O=C(O)/C=C/c1cc2ccccc2n1CC1CCCCC1. The lowest BCUT2D eigenvalue weighted by molar-refractivity contribution is -0.131. The summed E-state index contributed by atoms with van der Waals surface area (Å²) in [7, 11) is 0. The molecule has 3 nitrogen and oxygen atoms in total. The Labute approximate surface area is 124 Å². The lowest BCUT2D eigenvalue weighted by atomic mass is 9.89. The summed E-state index contributed by atoms with van der Waals surface area (Å²) in [5.74, 6) is -0.184. The summed E-state index contributed by atoms with van der Waals surface area (Å²) < 4.78 is 2.28. The van der Waals surface area contributed by atoms with Crippen molar-refractivity contribution in [2.45, 2.75) is 38.6 Å². The molecule has 1 aliphatic carbocycles. The van der Waals surface area contributed by atoms with E-state index in [0.717, 1.165) is 12.2 Å². The number of carboxylic acid groups (broad SMARTS) is 1. The molecule has 0 atom stereocenters. The number of aliphatic carboxylic acids is 1. The Morgan fingerprint density at radius 3 is 2.76 bits per heavy atom. The Hall–Kier alpha value is -2.03. The number of aromatic nitrogens is 1. The average molecular weight is 283 g/mol. The molecule has 1 fully saturated rings. The molecule has 3 heteroatoms. The molecule has 3 rings (SSSR count). The molecule has 0 spiro atoms. The Morgan fingerprint density at radius 2 is 2.00 bits per heavy atom. The number of carbonyl (C=O) groups is 1. The van der Waals surface area contributed by atoms with E-state index in [1.807, 2.05) is 12.1 Å². The number of para-hydroxylation sites is 1. The molecule has 0 saturated heterocycles. The highest BCUT2D eigenvalue weighted by molar-refractivity contribution is 5.88. The Kier molecular flexibility index (Phi) is 4.09. The van der Waals surface area contributed by atoms with E-state index in [9.17, 15) is 4.79 Å². The number of hydrogen-bond donors (Lipinski definition) is 1. The van der Waals surface area contributed by atoms with Gasteiger partial charge in [-0.15, -0.1) is 0 Å². The van der Waals surface area contributed by atoms with Crippen molar-refractivity contribution in [2.75, 3.05) is 0 Å². The van der Waals surface area contributed by atoms with Gasteiger partial charge in [0.05, 0.1) is 0 Å². The highest BCUT2D eigenvalue weighted by atomic mass is 16.4. The fourth-order valence-corrected chi connectivity index (χ4v) is 3.36. The van der Waals surface area contributed by atoms with Gasteiger partial charge >= 0.3 is 5.97 Å². The van der Waals surface area contributed by atoms with Crippen LogP contribution in [0.4, 0.5) is 0 Å². The van der Waals surface area contributed by atoms with E-state index < -0.39 is 5.97 Å². The number of benzene rings is 1. The van der Waals surface area contributed by atoms with Crippen LogP contribution < -0.4 is 0 Å². The second kappa shape index (κ2) is 6.17. The Bertz CT molecular complexity index is 663. The average Bonchev–Trinajstić information content (AvgIpc) is 2.84. The van der Waals surface area contributed by atoms with Crippen molar-refractivity contribution in [2.24, 2.45) is 5.92 Å². The van der Waals surface area contributed by atoms with Crippen LogP contribution in [0.25, 0.3) is 17.0 Å². The number of fused-ring (bicyclic) bond motifs is 1. The second-order valence-corrected chi connectivity index (χ2v) is 5.91. The summed E-state index contributed by atoms with van der Waals surface area (Å²) in [6, 6.07) is 10.4. The highest BCUT2D eigenvalue weighted by Gasteiger charge is 2.16. The van der Waals surface area contributed by atoms with E-state index in [1.165, 1.54) is 49.1 Å². The predicted molar refractivity (Wildman–Crippen MR) is 85.2 cm³/mol. The molecule has 21 heavy (non-hydrogen) atoms. The molecule has 2 aromatic rings. The van der Waals surface area contributed by atoms with Gasteiger partial charge in [-0.25, -0.2) is 4.79 Å². The molecule has 0 radical (unpaired) electrons. The van der Waals surface area contributed by atoms with Crippen molar-refractivity contribution in [1.29, 1.82) is 0 Å². The Morgan fingerprint density at radius 1 is 1.24 bits per heavy atom. The fourth-order valence-electron chi connectivity index (χ4n) is 3.36. The molecule has 0 aliphatic heterocycles. The van der Waals surface area contributed by atoms with Crippen molar-refractivity contribution < 1.29 is 9.90 Å². The molecule has 0 bridgehead atoms. The topological polar surface area (TPSA) is 42.2 Å². The van der Waals surface area contributed by atoms with Crippen LogP contribution in [0.15, 0.2) is 36.4 Å². The van der Waals surface area contributed by atoms with Gasteiger partial charge in [0.15, 0.2) is 0 Å². The summed E-state index contributed by atoms with van der Waals surface area (Å²) in [5, 5.41) is 10.0. The first kappa shape index (κ1) is 13.9. The van der Waals surface area contributed by atoms with Crippen LogP contribution in [0.5, 0.6) is 0 Å². The minimum Gasteiger partial charge on any atom is -0.478 e. The van der Waals surface area contributed by atoms with E-state index in [0.29, 0.717) is 5.92 Å². The summed E-state index contributed by atoms with van der Waals surface area (Å²) in [6.07, 6.45) is 9.52. The van der Waals surface area contributed by atoms with E-state index >= 15 is 0 Å². The molecule has 0 amide bonds. The standard InChI is InChI=1S/C18H21NO2/c20-18(21)11-10-16-12-15-8-4-5-9-17(15)19(16)13-14-6-2-1-3-7-14/h4-5,8-12,14H,1-3,6-7,13H2,(H,20,21)/b11-10+. The maximum absolute atomic E-state index is 10.8. The zero-order chi connectivity index (χ0) is 14.7. The molecule has 1 saturated carbocycles. The second-order valence-electron chi connectivity index (χ2n) is 5.91. The minimum absolute atomic E-state index is 0.714. The molecule has 1 aromatic carbocycles. The van der Waals surface area contributed by atoms with Gasteiger partial charge < -0.3 is 9.67 Å². The van der Waals surface area contributed by atoms with Gasteiger partial charge in [0.2, 0.25) is 0 Å². The van der Waals surface area contributed by atoms with Gasteiger partial charge in [0.25, 0.3) is 0 Å². The summed E-state index contributed by atoms with van der Waals surface area (Å²) in [6.45, 7) is 0.993. The quantitative estimate of drug-likeness (QED) is 0.849. The first-order valence-corrected chi connectivity index (χ1v) is 7.73. The smallest absolute Gasteiger partial charge is 0.328 e. The zero-order valence-electron chi connectivity index (χ0n) is 12.2. The highest BCUT2D eigenvalue weighted by Crippen LogP contribution is 2.28. The first-order valence-electron chi connectivity index (χ1n) is 7.73. The van der Waals surface area contributed by atoms with E-state index in [1.54, 1.807) is 6.08 Å². The van der Waals surface area contributed by atoms with Gasteiger partial charge in [0.1, 0.15) is 0 Å². The molecule has 0 unspecified atom stereocenters. The summed E-state index contributed by atoms with van der Waals surface area (Å²) >= 11 is 0. The number of nitrogens with zero attached hydrogens (tertiary/aromatic N) is 1. The molecule has 1 aromatic heterocycles. The first-order chi connectivity index (χ1) is 10.2. The van der Waals surface area contributed by atoms with Crippen molar-refractivity contribution in [1.82, 2.24) is 4.57 Å². The van der Waals surface area contributed by atoms with Crippen LogP contribution in [0, 0.1) is 5.92 Å². The van der Waals surface area contributed by atoms with Crippen LogP contribution >= 0.6 is 0 Å². The number of carboxylic acids is 1. The Balaban J connectivity index is 1.96. The van der Waals surface area contributed by atoms with Crippen LogP contribution in [0.3, 0.4) is 0 Å². The van der Waals surface area contributed by atoms with Gasteiger partial charge in [-0.2, -0.15) is 0 Å². The molecule has 1 aliphatic rings. The van der Waals surface area contributed by atoms with Gasteiger partial charge in [0, 0.05) is 29.2 Å². The third kappa shape index (κ3) is 3.18. The zero-order valence-corrected chi connectivity index (χ0v) is 12.2. The van der Waals surface area contributed by atoms with E-state index in [4.69, 9.17) is 5.11 Å². The van der Waals surface area contributed by atoms with Crippen LogP contribution in [0.1, 0.15) is 37.8 Å². The largest absolute Gasteiger partial charge is 0.478 e. The minimum atomic E-state index is -0.899. The molecular weight excluding hydrogens is 262 g/mol. The maximum Gasteiger partial charge on any atom is 0.328 e. The van der Waals surface area contributed by atoms with Crippen LogP contribution in [-0.2, 0) is 11.3 Å². The van der Waals surface area contributed by atoms with Crippen LogP contribution in [-0.4, -0.2) is 15.6 Å². The number of hydrogen-bond acceptors (Lipinski definition) is 1. The van der Waals surface area contributed by atoms with Crippen LogP contribution in [0.2, 0.25) is 0 Å². The lowest BCUT2D eigenvalue weighted by Crippen LogP contribution is -2.14. The molecule has 110 valence electrons. The summed E-state index contributed by atoms with van der Waals surface area (Å²) in [5.41, 5.74) is 2.19. The third-order valence-corrected chi connectivity index (χ3v) is 4.40. The lowest BCUT2D eigenvalue weighted by Gasteiger charge is -2.23. The normalized spacial score (nSPS) is 16.8. The van der Waals surface area contributed by atoms with Crippen molar-refractivity contribution in [3.05, 3.63) is 42.1 Å². The maximum atomic E-state index is 10.8. The van der Waals surface area contributed by atoms with Crippen molar-refractivity contribution >= 4 is 22.9 Å². The molecular formula is C18H21NO2. The number of rotatable bonds is 4. The van der Waals surface area contributed by atoms with Gasteiger partial charge in [-0.1, -0.05) is 37.5 Å². The van der Waals surface area contributed by atoms with Gasteiger partial charge in [-0.3, -0.25) is 0 Å².